The van der Waals surface area contributed by atoms with Gasteiger partial charge in [-0.2, -0.15) is 0 Å². The van der Waals surface area contributed by atoms with Crippen LogP contribution in [0.5, 0.6) is 23.0 Å². The molecule has 3 rings (SSSR count). The van der Waals surface area contributed by atoms with Crippen LogP contribution in [0.2, 0.25) is 0 Å². The molecule has 0 bridgehead atoms. The van der Waals surface area contributed by atoms with Crippen LogP contribution in [0, 0.1) is 0 Å². The lowest BCUT2D eigenvalue weighted by Crippen LogP contribution is -2.16. The van der Waals surface area contributed by atoms with Gasteiger partial charge in [0, 0.05) is 5.56 Å². The fraction of sp³-hybridized carbons (Fsp3) is 0.294. The summed E-state index contributed by atoms with van der Waals surface area (Å²) in [4.78, 5) is 0. The van der Waals surface area contributed by atoms with Gasteiger partial charge in [-0.25, -0.2) is 0 Å². The van der Waals surface area contributed by atoms with Crippen molar-refractivity contribution in [3.8, 4) is 23.0 Å². The van der Waals surface area contributed by atoms with Crippen molar-refractivity contribution in [2.45, 2.75) is 18.9 Å². The van der Waals surface area contributed by atoms with Gasteiger partial charge in [-0.15, -0.1) is 0 Å². The van der Waals surface area contributed by atoms with Crippen LogP contribution in [0.15, 0.2) is 36.4 Å². The lowest BCUT2D eigenvalue weighted by molar-refractivity contribution is 0.173. The zero-order valence-corrected chi connectivity index (χ0v) is 12.1. The summed E-state index contributed by atoms with van der Waals surface area (Å²) >= 11 is 0. The Morgan fingerprint density at radius 3 is 2.48 bits per heavy atom. The van der Waals surface area contributed by atoms with Crippen molar-refractivity contribution in [3.63, 3.8) is 0 Å². The van der Waals surface area contributed by atoms with Crippen molar-refractivity contribution in [2.75, 3.05) is 14.2 Å². The second kappa shape index (κ2) is 5.56. The molecule has 0 aliphatic carbocycles. The largest absolute Gasteiger partial charge is 0.508 e. The molecule has 1 heterocycles. The molecule has 110 valence electrons. The lowest BCUT2D eigenvalue weighted by Gasteiger charge is -2.28. The number of hydrogen-bond acceptors (Lipinski definition) is 4. The second-order valence-corrected chi connectivity index (χ2v) is 5.01. The maximum Gasteiger partial charge on any atom is 0.167 e. The molecule has 0 saturated heterocycles. The summed E-state index contributed by atoms with van der Waals surface area (Å²) in [6.45, 7) is 0. The number of benzene rings is 2. The van der Waals surface area contributed by atoms with E-state index in [1.807, 2.05) is 24.3 Å². The molecule has 1 aliphatic heterocycles. The van der Waals surface area contributed by atoms with Crippen LogP contribution < -0.4 is 14.2 Å². The zero-order valence-electron chi connectivity index (χ0n) is 12.1. The summed E-state index contributed by atoms with van der Waals surface area (Å²) in [5.74, 6) is 2.57. The topological polar surface area (TPSA) is 47.9 Å². The van der Waals surface area contributed by atoms with Gasteiger partial charge in [0.15, 0.2) is 11.5 Å². The number of methoxy groups -OCH3 is 2. The third-order valence-corrected chi connectivity index (χ3v) is 3.80. The molecular formula is C17H18O4. The fourth-order valence-corrected chi connectivity index (χ4v) is 2.73. The normalized spacial score (nSPS) is 16.8. The Hall–Kier alpha value is -2.36. The maximum atomic E-state index is 9.37. The zero-order chi connectivity index (χ0) is 14.8. The highest BCUT2D eigenvalue weighted by Crippen LogP contribution is 2.43. The van der Waals surface area contributed by atoms with Gasteiger partial charge in [0.05, 0.1) is 14.2 Å². The molecule has 1 N–H and O–H groups in total. The van der Waals surface area contributed by atoms with E-state index in [0.717, 1.165) is 41.2 Å². The van der Waals surface area contributed by atoms with Crippen molar-refractivity contribution in [2.24, 2.45) is 0 Å². The quantitative estimate of drug-likeness (QED) is 0.938. The number of phenols is 1. The molecule has 4 nitrogen and oxygen atoms in total. The van der Waals surface area contributed by atoms with Crippen LogP contribution in [-0.4, -0.2) is 19.3 Å². The summed E-state index contributed by atoms with van der Waals surface area (Å²) in [6, 6.07) is 10.9. The van der Waals surface area contributed by atoms with Crippen molar-refractivity contribution >= 4 is 0 Å². The van der Waals surface area contributed by atoms with Crippen molar-refractivity contribution in [1.29, 1.82) is 0 Å². The van der Waals surface area contributed by atoms with Gasteiger partial charge in [0.25, 0.3) is 0 Å². The number of aromatic hydroxyl groups is 1. The number of phenolic OH excluding ortho intramolecular Hbond substituents is 1. The SMILES string of the molecule is COc1ccc2c(c1OC)CCC(c1ccc(O)cc1)O2. The fourth-order valence-electron chi connectivity index (χ4n) is 2.73. The Kier molecular flexibility index (Phi) is 3.60. The Bertz CT molecular complexity index is 634. The van der Waals surface area contributed by atoms with Crippen LogP contribution in [0.4, 0.5) is 0 Å². The number of ether oxygens (including phenoxy) is 3. The molecule has 1 unspecified atom stereocenters. The van der Waals surface area contributed by atoms with Gasteiger partial charge < -0.3 is 19.3 Å². The lowest BCUT2D eigenvalue weighted by atomic mass is 9.96. The third kappa shape index (κ3) is 2.49. The molecule has 2 aromatic carbocycles. The summed E-state index contributed by atoms with van der Waals surface area (Å²) in [6.07, 6.45) is 1.72. The molecule has 0 radical (unpaired) electrons. The number of hydrogen-bond donors (Lipinski definition) is 1. The average molecular weight is 286 g/mol. The van der Waals surface area contributed by atoms with E-state index in [-0.39, 0.29) is 11.9 Å². The van der Waals surface area contributed by atoms with Crippen LogP contribution in [0.3, 0.4) is 0 Å². The summed E-state index contributed by atoms with van der Waals surface area (Å²) in [5, 5.41) is 9.37. The van der Waals surface area contributed by atoms with Gasteiger partial charge in [0.2, 0.25) is 0 Å². The first-order chi connectivity index (χ1) is 10.2. The van der Waals surface area contributed by atoms with Crippen LogP contribution >= 0.6 is 0 Å². The van der Waals surface area contributed by atoms with E-state index >= 15 is 0 Å². The van der Waals surface area contributed by atoms with E-state index < -0.39 is 0 Å². The van der Waals surface area contributed by atoms with Crippen LogP contribution in [-0.2, 0) is 6.42 Å². The monoisotopic (exact) mass is 286 g/mol. The molecule has 0 saturated carbocycles. The van der Waals surface area contributed by atoms with E-state index in [2.05, 4.69) is 0 Å². The number of rotatable bonds is 3. The first-order valence-electron chi connectivity index (χ1n) is 6.92. The van der Waals surface area contributed by atoms with Gasteiger partial charge in [-0.1, -0.05) is 12.1 Å². The smallest absolute Gasteiger partial charge is 0.167 e. The molecule has 0 aromatic heterocycles. The van der Waals surface area contributed by atoms with Gasteiger partial charge in [0.1, 0.15) is 17.6 Å². The van der Waals surface area contributed by atoms with Crippen LogP contribution in [0.25, 0.3) is 0 Å². The molecule has 1 aliphatic rings. The second-order valence-electron chi connectivity index (χ2n) is 5.01. The minimum atomic E-state index is -0.00352. The Morgan fingerprint density at radius 2 is 1.81 bits per heavy atom. The molecule has 21 heavy (non-hydrogen) atoms. The molecular weight excluding hydrogens is 268 g/mol. The molecule has 2 aromatic rings. The van der Waals surface area contributed by atoms with Crippen LogP contribution in [0.1, 0.15) is 23.7 Å². The van der Waals surface area contributed by atoms with E-state index in [1.54, 1.807) is 26.4 Å². The highest BCUT2D eigenvalue weighted by molar-refractivity contribution is 5.55. The summed E-state index contributed by atoms with van der Waals surface area (Å²) in [5.41, 5.74) is 2.11. The predicted molar refractivity (Wildman–Crippen MR) is 79.3 cm³/mol. The van der Waals surface area contributed by atoms with E-state index in [9.17, 15) is 5.11 Å². The Morgan fingerprint density at radius 1 is 1.05 bits per heavy atom. The van der Waals surface area contributed by atoms with E-state index in [4.69, 9.17) is 14.2 Å². The highest BCUT2D eigenvalue weighted by Gasteiger charge is 2.25. The molecule has 0 amide bonds. The Labute approximate surface area is 123 Å². The first-order valence-corrected chi connectivity index (χ1v) is 6.92. The van der Waals surface area contributed by atoms with Crippen molar-refractivity contribution < 1.29 is 19.3 Å². The van der Waals surface area contributed by atoms with Gasteiger partial charge in [-0.3, -0.25) is 0 Å². The Balaban J connectivity index is 1.91. The van der Waals surface area contributed by atoms with Crippen molar-refractivity contribution in [1.82, 2.24) is 0 Å². The highest BCUT2D eigenvalue weighted by atomic mass is 16.5. The molecule has 4 heteroatoms. The number of fused-ring (bicyclic) bond motifs is 1. The molecule has 0 fully saturated rings. The van der Waals surface area contributed by atoms with Gasteiger partial charge in [-0.05, 0) is 42.7 Å². The van der Waals surface area contributed by atoms with E-state index in [1.165, 1.54) is 0 Å². The predicted octanol–water partition coefficient (Wildman–Crippen LogP) is 3.48. The van der Waals surface area contributed by atoms with Gasteiger partial charge >= 0.3 is 0 Å². The minimum absolute atomic E-state index is 0.00352. The average Bonchev–Trinajstić information content (AvgIpc) is 2.53. The maximum absolute atomic E-state index is 9.37. The van der Waals surface area contributed by atoms with Crippen molar-refractivity contribution in [3.05, 3.63) is 47.5 Å². The summed E-state index contributed by atoms with van der Waals surface area (Å²) in [7, 11) is 3.28. The first kappa shape index (κ1) is 13.6. The molecule has 0 spiro atoms. The standard InChI is InChI=1S/C17H18O4/c1-19-16-10-9-15-13(17(16)20-2)7-8-14(21-15)11-3-5-12(18)6-4-11/h3-6,9-10,14,18H,7-8H2,1-2H3. The minimum Gasteiger partial charge on any atom is -0.508 e. The summed E-state index contributed by atoms with van der Waals surface area (Å²) < 4.78 is 16.9. The third-order valence-electron chi connectivity index (χ3n) is 3.80. The van der Waals surface area contributed by atoms with E-state index in [0.29, 0.717) is 0 Å². The molecule has 1 atom stereocenters.